The lowest BCUT2D eigenvalue weighted by Crippen LogP contribution is -2.63. The summed E-state index contributed by atoms with van der Waals surface area (Å²) in [6, 6.07) is 26.4. The molecule has 2 N–H and O–H groups in total. The fourth-order valence-corrected chi connectivity index (χ4v) is 15.1. The zero-order chi connectivity index (χ0) is 48.5. The molecule has 4 saturated carbocycles. The van der Waals surface area contributed by atoms with E-state index in [1.807, 2.05) is 87.1 Å². The molecule has 11 heteroatoms. The molecule has 10 rings (SSSR count). The maximum atomic E-state index is 14.7. The second-order valence-corrected chi connectivity index (χ2v) is 23.5. The van der Waals surface area contributed by atoms with Gasteiger partial charge in [0.1, 0.15) is 0 Å². The van der Waals surface area contributed by atoms with Crippen LogP contribution in [-0.4, -0.2) is 69.2 Å². The van der Waals surface area contributed by atoms with Crippen molar-refractivity contribution in [2.75, 3.05) is 12.4 Å². The number of aliphatic hydroxyl groups excluding tert-OH is 1. The molecule has 5 fully saturated rings. The number of allylic oxidation sites excluding steroid dienone is 4. The lowest BCUT2D eigenvalue weighted by Gasteiger charge is -2.59. The van der Waals surface area contributed by atoms with Gasteiger partial charge >= 0.3 is 5.97 Å². The number of hydrogen-bond donors (Lipinski definition) is 2. The van der Waals surface area contributed by atoms with Gasteiger partial charge in [-0.1, -0.05) is 104 Å². The van der Waals surface area contributed by atoms with Gasteiger partial charge in [-0.05, 0) is 148 Å². The van der Waals surface area contributed by atoms with Crippen LogP contribution in [0.5, 0.6) is 0 Å². The molecule has 1 saturated heterocycles. The molecular weight excluding hydrogens is 906 g/mol. The maximum absolute atomic E-state index is 14.7. The van der Waals surface area contributed by atoms with Crippen LogP contribution in [0, 0.1) is 34.0 Å². The van der Waals surface area contributed by atoms with Gasteiger partial charge in [0.15, 0.2) is 24.3 Å². The summed E-state index contributed by atoms with van der Waals surface area (Å²) >= 11 is 8.13. The highest BCUT2D eigenvalue weighted by atomic mass is 35.5. The summed E-state index contributed by atoms with van der Waals surface area (Å²) in [5.41, 5.74) is 3.25. The van der Waals surface area contributed by atoms with Gasteiger partial charge in [-0.3, -0.25) is 14.4 Å². The van der Waals surface area contributed by atoms with Crippen molar-refractivity contribution in [2.45, 2.75) is 127 Å². The number of Topliss-reactive ketones (excluding diaryl/α,β-unsaturated/α-hetero) is 1. The number of fused-ring (bicyclic) bond motifs is 8. The van der Waals surface area contributed by atoms with Gasteiger partial charge in [0.2, 0.25) is 5.78 Å². The van der Waals surface area contributed by atoms with E-state index >= 15 is 0 Å². The average Bonchev–Trinajstić information content (AvgIpc) is 3.91. The first-order valence-corrected chi connectivity index (χ1v) is 26.2. The van der Waals surface area contributed by atoms with Crippen LogP contribution in [0.3, 0.4) is 0 Å². The number of halogens is 1. The number of thioether (sulfide) groups is 1. The van der Waals surface area contributed by atoms with Gasteiger partial charge in [0.25, 0.3) is 0 Å². The third-order valence-electron chi connectivity index (χ3n) is 17.0. The van der Waals surface area contributed by atoms with Gasteiger partial charge in [0, 0.05) is 38.2 Å². The number of carbonyl (C=O) groups excluding carboxylic acids is 3. The van der Waals surface area contributed by atoms with E-state index in [2.05, 4.69) is 56.3 Å². The predicted octanol–water partition coefficient (Wildman–Crippen LogP) is 11.4. The SMILES string of the molecule is C[C@@H]1O[C@@H]2C[C@H]3[C@@H]4CCC5=CC(=O)C=C[C@]5(C)[C@H]4[C@@H](O)C[C@]3(C)[C@]2(C(=O)COC(=O)CC2(CSC(CCc3ccccc3C(C)(C)O)c3cccc(/C=C/c4ccc5ccc(Cl)cc5n4)c3)CC2)O1. The highest BCUT2D eigenvalue weighted by Crippen LogP contribution is 2.69. The largest absolute Gasteiger partial charge is 0.458 e. The number of carbonyl (C=O) groups is 3. The fraction of sp³-hybridized carbons (Fsp3) is 0.483. The molecule has 1 aliphatic heterocycles. The van der Waals surface area contributed by atoms with Gasteiger partial charge in [-0.25, -0.2) is 4.98 Å². The van der Waals surface area contributed by atoms with E-state index in [-0.39, 0.29) is 46.4 Å². The minimum atomic E-state index is -1.35. The molecule has 1 unspecified atom stereocenters. The van der Waals surface area contributed by atoms with Crippen LogP contribution in [0.4, 0.5) is 0 Å². The molecule has 0 spiro atoms. The Balaban J connectivity index is 0.827. The number of esters is 1. The number of nitrogens with zero attached hydrogens (tertiary/aromatic N) is 1. The summed E-state index contributed by atoms with van der Waals surface area (Å²) in [5, 5.41) is 24.9. The smallest absolute Gasteiger partial charge is 0.306 e. The van der Waals surface area contributed by atoms with Gasteiger partial charge < -0.3 is 24.4 Å². The Morgan fingerprint density at radius 1 is 1.04 bits per heavy atom. The normalized spacial score (nSPS) is 31.4. The molecule has 362 valence electrons. The zero-order valence-corrected chi connectivity index (χ0v) is 41.9. The summed E-state index contributed by atoms with van der Waals surface area (Å²) in [4.78, 5) is 45.8. The standard InChI is InChI=1S/C58H64ClNO8S/c1-35-67-51-30-46-44-21-17-40-28-43(61)23-24-55(40,4)53(44)48(62)31-56(46,5)58(51,68-35)50(63)33-66-52(64)32-57(25-26-57)34-69-49(22-16-37-10-6-7-12-45(37)54(2,3)65)39-11-8-9-36(27-39)13-19-42-20-15-38-14-18-41(59)29-47(38)60-42/h6-15,18-20,23-24,27-29,35,44,46,48-49,51,53,62,65H,16-17,21-22,25-26,30-34H2,1-5H3/b19-13+/t35-,44+,46+,48+,49?,51-,53-,55+,56+,58-/m1/s1. The Morgan fingerprint density at radius 3 is 2.64 bits per heavy atom. The van der Waals surface area contributed by atoms with Crippen molar-refractivity contribution in [1.29, 1.82) is 0 Å². The minimum absolute atomic E-state index is 0.00778. The molecule has 2 heterocycles. The highest BCUT2D eigenvalue weighted by molar-refractivity contribution is 7.99. The van der Waals surface area contributed by atoms with E-state index in [0.29, 0.717) is 17.9 Å². The molecule has 4 aromatic rings. The number of aromatic nitrogens is 1. The number of aryl methyl sites for hydroxylation is 1. The minimum Gasteiger partial charge on any atom is -0.458 e. The number of rotatable bonds is 15. The van der Waals surface area contributed by atoms with Crippen LogP contribution < -0.4 is 0 Å². The molecule has 1 aromatic heterocycles. The first-order valence-electron chi connectivity index (χ1n) is 24.8. The number of aliphatic hydroxyl groups is 2. The van der Waals surface area contributed by atoms with Crippen molar-refractivity contribution in [3.63, 3.8) is 0 Å². The van der Waals surface area contributed by atoms with Crippen LogP contribution in [0.25, 0.3) is 23.1 Å². The summed E-state index contributed by atoms with van der Waals surface area (Å²) < 4.78 is 18.9. The topological polar surface area (TPSA) is 132 Å². The number of benzene rings is 3. The Hall–Kier alpha value is -4.42. The third kappa shape index (κ3) is 9.01. The number of pyridine rings is 1. The summed E-state index contributed by atoms with van der Waals surface area (Å²) in [7, 11) is 0. The van der Waals surface area contributed by atoms with Crippen LogP contribution in [-0.2, 0) is 40.6 Å². The van der Waals surface area contributed by atoms with Gasteiger partial charge in [-0.2, -0.15) is 11.8 Å². The Kier molecular flexibility index (Phi) is 12.8. The van der Waals surface area contributed by atoms with Crippen molar-refractivity contribution in [2.24, 2.45) is 34.0 Å². The molecule has 9 nitrogen and oxygen atoms in total. The fourth-order valence-electron chi connectivity index (χ4n) is 13.4. The molecule has 0 radical (unpaired) electrons. The zero-order valence-electron chi connectivity index (χ0n) is 40.3. The van der Waals surface area contributed by atoms with E-state index in [4.69, 9.17) is 30.8 Å². The molecule has 5 aliphatic carbocycles. The summed E-state index contributed by atoms with van der Waals surface area (Å²) in [6.45, 7) is 9.26. The van der Waals surface area contributed by atoms with Crippen molar-refractivity contribution in [3.8, 4) is 0 Å². The van der Waals surface area contributed by atoms with E-state index in [0.717, 1.165) is 83.1 Å². The van der Waals surface area contributed by atoms with E-state index < -0.39 is 53.1 Å². The molecule has 3 aromatic carbocycles. The Morgan fingerprint density at radius 2 is 1.84 bits per heavy atom. The Labute approximate surface area is 415 Å². The van der Waals surface area contributed by atoms with Crippen LogP contribution in [0.2, 0.25) is 5.02 Å². The average molecular weight is 971 g/mol. The van der Waals surface area contributed by atoms with E-state index in [9.17, 15) is 24.6 Å². The number of ketones is 2. The van der Waals surface area contributed by atoms with Crippen LogP contribution >= 0.6 is 23.4 Å². The van der Waals surface area contributed by atoms with E-state index in [1.54, 1.807) is 12.2 Å². The van der Waals surface area contributed by atoms with Crippen molar-refractivity contribution in [1.82, 2.24) is 4.98 Å². The number of hydrogen-bond acceptors (Lipinski definition) is 10. The lowest BCUT2D eigenvalue weighted by molar-refractivity contribution is -0.198. The molecule has 0 bridgehead atoms. The second-order valence-electron chi connectivity index (χ2n) is 21.9. The molecular formula is C58H64ClNO8S. The van der Waals surface area contributed by atoms with Gasteiger partial charge in [0.05, 0.1) is 35.4 Å². The Bertz CT molecular complexity index is 2770. The van der Waals surface area contributed by atoms with Crippen molar-refractivity contribution < 1.29 is 38.8 Å². The molecule has 6 aliphatic rings. The molecule has 0 amide bonds. The molecule has 69 heavy (non-hydrogen) atoms. The van der Waals surface area contributed by atoms with Crippen LogP contribution in [0.15, 0.2) is 103 Å². The summed E-state index contributed by atoms with van der Waals surface area (Å²) in [6.07, 6.45) is 13.7. The first-order chi connectivity index (χ1) is 32.9. The third-order valence-corrected chi connectivity index (χ3v) is 18.9. The van der Waals surface area contributed by atoms with Crippen LogP contribution in [0.1, 0.15) is 119 Å². The van der Waals surface area contributed by atoms with Gasteiger partial charge in [-0.15, -0.1) is 0 Å². The molecule has 10 atom stereocenters. The second kappa shape index (κ2) is 18.3. The van der Waals surface area contributed by atoms with Crippen molar-refractivity contribution >= 4 is 64.0 Å². The predicted molar refractivity (Wildman–Crippen MR) is 271 cm³/mol. The highest BCUT2D eigenvalue weighted by Gasteiger charge is 2.75. The quantitative estimate of drug-likeness (QED) is 0.111. The monoisotopic (exact) mass is 969 g/mol. The summed E-state index contributed by atoms with van der Waals surface area (Å²) in [5.74, 6) is 0.0794. The maximum Gasteiger partial charge on any atom is 0.306 e. The number of ether oxygens (including phenoxy) is 3. The van der Waals surface area contributed by atoms with E-state index in [1.165, 1.54) is 5.56 Å². The van der Waals surface area contributed by atoms with Crippen molar-refractivity contribution in [3.05, 3.63) is 136 Å². The first kappa shape index (κ1) is 48.2. The lowest BCUT2D eigenvalue weighted by atomic mass is 9.46.